The fraction of sp³-hybridized carbons (Fsp3) is 0.875. The molecule has 1 rings (SSSR count). The fourth-order valence-corrected chi connectivity index (χ4v) is 1.80. The monoisotopic (exact) mass is 171 g/mol. The van der Waals surface area contributed by atoms with Crippen molar-refractivity contribution in [3.8, 4) is 0 Å². The lowest BCUT2D eigenvalue weighted by Gasteiger charge is -2.33. The quantitative estimate of drug-likeness (QED) is 0.594. The van der Waals surface area contributed by atoms with Gasteiger partial charge in [-0.15, -0.1) is 0 Å². The number of rotatable bonds is 1. The Balaban J connectivity index is 2.71. The van der Waals surface area contributed by atoms with Gasteiger partial charge in [0, 0.05) is 12.1 Å². The molecule has 1 aliphatic heterocycles. The molecule has 12 heavy (non-hydrogen) atoms. The average Bonchev–Trinajstić information content (AvgIpc) is 2.30. The van der Waals surface area contributed by atoms with E-state index < -0.39 is 0 Å². The van der Waals surface area contributed by atoms with Crippen LogP contribution in [0.1, 0.15) is 26.7 Å². The van der Waals surface area contributed by atoms with Crippen LogP contribution < -0.4 is 11.5 Å². The molecule has 4 nitrogen and oxygen atoms in total. The van der Waals surface area contributed by atoms with Crippen LogP contribution in [0.3, 0.4) is 0 Å². The maximum Gasteiger partial charge on any atom is 0.315 e. The number of hydrogen-bond donors (Lipinski definition) is 2. The summed E-state index contributed by atoms with van der Waals surface area (Å²) < 4.78 is 0. The summed E-state index contributed by atoms with van der Waals surface area (Å²) in [6.07, 6.45) is 1.97. The van der Waals surface area contributed by atoms with E-state index >= 15 is 0 Å². The van der Waals surface area contributed by atoms with Crippen molar-refractivity contribution >= 4 is 6.03 Å². The summed E-state index contributed by atoms with van der Waals surface area (Å²) in [5.41, 5.74) is 10.8. The van der Waals surface area contributed by atoms with Gasteiger partial charge in [-0.05, 0) is 26.7 Å². The number of hydrogen-bond acceptors (Lipinski definition) is 2. The lowest BCUT2D eigenvalue weighted by Crippen LogP contribution is -2.54. The van der Waals surface area contributed by atoms with Gasteiger partial charge in [0.05, 0.1) is 6.04 Å². The van der Waals surface area contributed by atoms with Crippen molar-refractivity contribution in [2.45, 2.75) is 38.3 Å². The number of carbonyl (C=O) groups is 1. The number of nitrogens with two attached hydrogens (primary N) is 2. The standard InChI is InChI=1S/C8H17N3O/c1-8(2,10)6-4-3-5-11(6)7(9)12/h6H,3-5,10H2,1-2H3,(H2,9,12). The highest BCUT2D eigenvalue weighted by Gasteiger charge is 2.36. The van der Waals surface area contributed by atoms with Crippen molar-refractivity contribution in [2.24, 2.45) is 11.5 Å². The highest BCUT2D eigenvalue weighted by atomic mass is 16.2. The van der Waals surface area contributed by atoms with Crippen LogP contribution in [0, 0.1) is 0 Å². The van der Waals surface area contributed by atoms with E-state index in [9.17, 15) is 4.79 Å². The maximum atomic E-state index is 11.0. The second kappa shape index (κ2) is 2.94. The Hall–Kier alpha value is -0.770. The Bertz CT molecular complexity index is 185. The third kappa shape index (κ3) is 1.69. The summed E-state index contributed by atoms with van der Waals surface area (Å²) in [5, 5.41) is 0. The van der Waals surface area contributed by atoms with Gasteiger partial charge in [-0.3, -0.25) is 0 Å². The van der Waals surface area contributed by atoms with Crippen LogP contribution >= 0.6 is 0 Å². The molecule has 0 spiro atoms. The van der Waals surface area contributed by atoms with E-state index in [4.69, 9.17) is 11.5 Å². The molecule has 2 amide bonds. The summed E-state index contributed by atoms with van der Waals surface area (Å²) in [7, 11) is 0. The van der Waals surface area contributed by atoms with Crippen LogP contribution in [0.5, 0.6) is 0 Å². The lowest BCUT2D eigenvalue weighted by molar-refractivity contribution is 0.178. The summed E-state index contributed by atoms with van der Waals surface area (Å²) >= 11 is 0. The zero-order valence-electron chi connectivity index (χ0n) is 7.71. The van der Waals surface area contributed by atoms with Crippen molar-refractivity contribution in [1.29, 1.82) is 0 Å². The first-order valence-corrected chi connectivity index (χ1v) is 4.28. The van der Waals surface area contributed by atoms with Gasteiger partial charge in [0.1, 0.15) is 0 Å². The minimum Gasteiger partial charge on any atom is -0.351 e. The number of urea groups is 1. The van der Waals surface area contributed by atoms with Crippen molar-refractivity contribution in [1.82, 2.24) is 4.90 Å². The largest absolute Gasteiger partial charge is 0.351 e. The van der Waals surface area contributed by atoms with E-state index in [2.05, 4.69) is 0 Å². The molecule has 70 valence electrons. The van der Waals surface area contributed by atoms with Crippen LogP contribution in [-0.4, -0.2) is 29.1 Å². The minimum absolute atomic E-state index is 0.106. The Kier molecular flexibility index (Phi) is 2.28. The van der Waals surface area contributed by atoms with Crippen LogP contribution in [0.15, 0.2) is 0 Å². The Labute approximate surface area is 72.9 Å². The van der Waals surface area contributed by atoms with Gasteiger partial charge in [0.2, 0.25) is 0 Å². The minimum atomic E-state index is -0.351. The van der Waals surface area contributed by atoms with E-state index in [1.165, 1.54) is 0 Å². The number of likely N-dealkylation sites (tertiary alicyclic amines) is 1. The highest BCUT2D eigenvalue weighted by Crippen LogP contribution is 2.24. The molecular weight excluding hydrogens is 154 g/mol. The fourth-order valence-electron chi connectivity index (χ4n) is 1.80. The van der Waals surface area contributed by atoms with E-state index in [1.54, 1.807) is 4.90 Å². The molecule has 0 radical (unpaired) electrons. The van der Waals surface area contributed by atoms with Gasteiger partial charge in [0.15, 0.2) is 0 Å². The molecule has 0 aliphatic carbocycles. The normalized spacial score (nSPS) is 24.6. The first-order chi connectivity index (χ1) is 5.43. The zero-order chi connectivity index (χ0) is 9.35. The van der Waals surface area contributed by atoms with Gasteiger partial charge in [-0.1, -0.05) is 0 Å². The molecule has 0 saturated carbocycles. The summed E-state index contributed by atoms with van der Waals surface area (Å²) in [4.78, 5) is 12.6. The first-order valence-electron chi connectivity index (χ1n) is 4.28. The molecule has 1 atom stereocenters. The van der Waals surface area contributed by atoms with Crippen LogP contribution in [0.4, 0.5) is 4.79 Å². The lowest BCUT2D eigenvalue weighted by atomic mass is 9.94. The zero-order valence-corrected chi connectivity index (χ0v) is 7.71. The summed E-state index contributed by atoms with van der Waals surface area (Å²) in [6, 6.07) is -0.244. The van der Waals surface area contributed by atoms with Crippen LogP contribution in [-0.2, 0) is 0 Å². The van der Waals surface area contributed by atoms with Gasteiger partial charge >= 0.3 is 6.03 Å². The molecule has 0 bridgehead atoms. The van der Waals surface area contributed by atoms with Crippen molar-refractivity contribution in [3.05, 3.63) is 0 Å². The highest BCUT2D eigenvalue weighted by molar-refractivity contribution is 5.72. The third-order valence-electron chi connectivity index (χ3n) is 2.39. The number of carbonyl (C=O) groups excluding carboxylic acids is 1. The van der Waals surface area contributed by atoms with E-state index in [0.717, 1.165) is 19.4 Å². The Morgan fingerprint density at radius 3 is 2.50 bits per heavy atom. The second-order valence-corrected chi connectivity index (χ2v) is 4.01. The molecule has 1 saturated heterocycles. The second-order valence-electron chi connectivity index (χ2n) is 4.01. The van der Waals surface area contributed by atoms with E-state index in [0.29, 0.717) is 0 Å². The smallest absolute Gasteiger partial charge is 0.315 e. The van der Waals surface area contributed by atoms with Crippen molar-refractivity contribution in [3.63, 3.8) is 0 Å². The molecule has 0 aromatic heterocycles. The number of primary amides is 1. The third-order valence-corrected chi connectivity index (χ3v) is 2.39. The van der Waals surface area contributed by atoms with E-state index in [-0.39, 0.29) is 17.6 Å². The van der Waals surface area contributed by atoms with Gasteiger partial charge < -0.3 is 16.4 Å². The summed E-state index contributed by atoms with van der Waals surface area (Å²) in [6.45, 7) is 4.61. The van der Waals surface area contributed by atoms with E-state index in [1.807, 2.05) is 13.8 Å². The first kappa shape index (κ1) is 9.32. The molecule has 0 aromatic carbocycles. The molecule has 1 aliphatic rings. The molecule has 4 heteroatoms. The summed E-state index contributed by atoms with van der Waals surface area (Å²) in [5.74, 6) is 0. The molecule has 0 aromatic rings. The van der Waals surface area contributed by atoms with Crippen LogP contribution in [0.25, 0.3) is 0 Å². The number of nitrogens with zero attached hydrogens (tertiary/aromatic N) is 1. The molecule has 4 N–H and O–H groups in total. The van der Waals surface area contributed by atoms with Crippen molar-refractivity contribution in [2.75, 3.05) is 6.54 Å². The maximum absolute atomic E-state index is 11.0. The number of amides is 2. The molecular formula is C8H17N3O. The predicted molar refractivity (Wildman–Crippen MR) is 47.6 cm³/mol. The average molecular weight is 171 g/mol. The SMILES string of the molecule is CC(C)(N)C1CCCN1C(N)=O. The molecule has 1 fully saturated rings. The Morgan fingerprint density at radius 1 is 1.58 bits per heavy atom. The molecule has 1 unspecified atom stereocenters. The van der Waals surface area contributed by atoms with Gasteiger partial charge in [-0.2, -0.15) is 0 Å². The molecule has 1 heterocycles. The predicted octanol–water partition coefficient (Wildman–Crippen LogP) is 0.267. The topological polar surface area (TPSA) is 72.3 Å². The Morgan fingerprint density at radius 2 is 2.17 bits per heavy atom. The van der Waals surface area contributed by atoms with Crippen LogP contribution in [0.2, 0.25) is 0 Å². The van der Waals surface area contributed by atoms with Gasteiger partial charge in [-0.25, -0.2) is 4.79 Å². The van der Waals surface area contributed by atoms with Gasteiger partial charge in [0.25, 0.3) is 0 Å². The van der Waals surface area contributed by atoms with Crippen molar-refractivity contribution < 1.29 is 4.79 Å².